The summed E-state index contributed by atoms with van der Waals surface area (Å²) >= 11 is 0. The van der Waals surface area contributed by atoms with Gasteiger partial charge < -0.3 is 4.84 Å². The van der Waals surface area contributed by atoms with Crippen LogP contribution >= 0.6 is 13.5 Å². The van der Waals surface area contributed by atoms with Crippen LogP contribution in [-0.2, 0) is 19.2 Å². The number of carbonyl (C=O) groups is 3. The molecule has 0 aromatic rings. The molecule has 0 aromatic carbocycles. The first kappa shape index (κ1) is 9.96. The van der Waals surface area contributed by atoms with Crippen molar-refractivity contribution in [1.82, 2.24) is 5.06 Å². The molecule has 0 radical (unpaired) electrons. The van der Waals surface area contributed by atoms with Crippen LogP contribution in [-0.4, -0.2) is 23.3 Å². The van der Waals surface area contributed by atoms with Crippen LogP contribution in [0.5, 0.6) is 0 Å². The number of carbonyl (C=O) groups excluding carboxylic acids is 3. The molecule has 0 spiro atoms. The summed E-state index contributed by atoms with van der Waals surface area (Å²) in [4.78, 5) is 35.0. The van der Waals surface area contributed by atoms with E-state index in [4.69, 9.17) is 0 Å². The van der Waals surface area contributed by atoms with E-state index in [2.05, 4.69) is 4.84 Å². The predicted molar refractivity (Wildman–Crippen MR) is 38.6 cm³/mol. The third-order valence-corrected chi connectivity index (χ3v) is 1.15. The zero-order chi connectivity index (χ0) is 7.56. The second-order valence-electron chi connectivity index (χ2n) is 1.78. The highest BCUT2D eigenvalue weighted by Crippen LogP contribution is 2.10. The molecule has 0 aliphatic carbocycles. The summed E-state index contributed by atoms with van der Waals surface area (Å²) in [6.07, 6.45) is 0.263. The lowest BCUT2D eigenvalue weighted by Crippen LogP contribution is -2.28. The molecule has 62 valence electrons. The summed E-state index contributed by atoms with van der Waals surface area (Å²) in [5.74, 6) is -0.922. The molecule has 0 N–H and O–H groups in total. The van der Waals surface area contributed by atoms with Gasteiger partial charge in [0, 0.05) is 12.8 Å². The topological polar surface area (TPSA) is 63.7 Å². The molecule has 6 heteroatoms. The molecular weight excluding hydrogens is 170 g/mol. The van der Waals surface area contributed by atoms with E-state index < -0.39 is 11.8 Å². The number of rotatable bonds is 2. The minimum absolute atomic E-state index is 0. The van der Waals surface area contributed by atoms with Gasteiger partial charge in [0.05, 0.1) is 0 Å². The normalized spacial score (nSPS) is 16.2. The predicted octanol–water partition coefficient (Wildman–Crippen LogP) is -0.664. The Morgan fingerprint density at radius 3 is 2.09 bits per heavy atom. The monoisotopic (exact) mass is 177 g/mol. The van der Waals surface area contributed by atoms with Gasteiger partial charge in [-0.25, -0.2) is 0 Å². The maximum atomic E-state index is 10.6. The Morgan fingerprint density at radius 2 is 1.73 bits per heavy atom. The Balaban J connectivity index is 0.000001000. The average molecular weight is 177 g/mol. The molecule has 1 heterocycles. The fourth-order valence-electron chi connectivity index (χ4n) is 0.717. The van der Waals surface area contributed by atoms with Crippen molar-refractivity contribution in [2.24, 2.45) is 0 Å². The third-order valence-electron chi connectivity index (χ3n) is 1.15. The van der Waals surface area contributed by atoms with Gasteiger partial charge in [0.2, 0.25) is 0 Å². The van der Waals surface area contributed by atoms with E-state index in [1.54, 1.807) is 0 Å². The highest BCUT2D eigenvalue weighted by Gasteiger charge is 2.30. The van der Waals surface area contributed by atoms with Crippen LogP contribution in [0.4, 0.5) is 0 Å². The molecule has 1 aliphatic rings. The van der Waals surface area contributed by atoms with E-state index in [9.17, 15) is 14.4 Å². The fourth-order valence-corrected chi connectivity index (χ4v) is 0.717. The van der Waals surface area contributed by atoms with Crippen molar-refractivity contribution in [2.75, 3.05) is 0 Å². The van der Waals surface area contributed by atoms with Crippen molar-refractivity contribution in [1.29, 1.82) is 0 Å². The third kappa shape index (κ3) is 1.94. The number of hydrogen-bond acceptors (Lipinski definition) is 4. The highest BCUT2D eigenvalue weighted by atomic mass is 32.1. The van der Waals surface area contributed by atoms with Crippen molar-refractivity contribution >= 4 is 31.8 Å². The largest absolute Gasteiger partial charge is 0.334 e. The first-order valence-electron chi connectivity index (χ1n) is 2.72. The van der Waals surface area contributed by atoms with Gasteiger partial charge in [-0.2, -0.15) is 13.5 Å². The quantitative estimate of drug-likeness (QED) is 0.415. The molecule has 0 atom stereocenters. The van der Waals surface area contributed by atoms with E-state index in [-0.39, 0.29) is 32.8 Å². The number of nitrogens with zero attached hydrogens (tertiary/aromatic N) is 1. The maximum Gasteiger partial charge on any atom is 0.321 e. The van der Waals surface area contributed by atoms with Gasteiger partial charge in [0.1, 0.15) is 0 Å². The number of hydrogen-bond donors (Lipinski definition) is 0. The number of amides is 2. The van der Waals surface area contributed by atoms with E-state index in [0.29, 0.717) is 5.06 Å². The van der Waals surface area contributed by atoms with E-state index in [1.165, 1.54) is 0 Å². The van der Waals surface area contributed by atoms with Gasteiger partial charge in [-0.1, -0.05) is 0 Å². The zero-order valence-corrected chi connectivity index (χ0v) is 6.57. The minimum atomic E-state index is -0.461. The first-order valence-corrected chi connectivity index (χ1v) is 2.72. The molecule has 2 amide bonds. The Hall–Kier alpha value is -1.04. The summed E-state index contributed by atoms with van der Waals surface area (Å²) in [6.45, 7) is 0.0567. The molecular formula is C5H7NO4S. The Bertz CT molecular complexity index is 177. The average Bonchev–Trinajstić information content (AvgIpc) is 2.20. The molecule has 1 fully saturated rings. The summed E-state index contributed by atoms with van der Waals surface area (Å²) < 4.78 is 0. The van der Waals surface area contributed by atoms with E-state index in [1.807, 2.05) is 0 Å². The van der Waals surface area contributed by atoms with Crippen LogP contribution in [0.3, 0.4) is 0 Å². The molecule has 0 bridgehead atoms. The van der Waals surface area contributed by atoms with Crippen LogP contribution in [0.1, 0.15) is 12.8 Å². The van der Waals surface area contributed by atoms with Crippen LogP contribution in [0.2, 0.25) is 0 Å². The maximum absolute atomic E-state index is 10.6. The molecule has 11 heavy (non-hydrogen) atoms. The lowest BCUT2D eigenvalue weighted by Gasteiger charge is -2.06. The van der Waals surface area contributed by atoms with Crippen molar-refractivity contribution < 1.29 is 19.2 Å². The second-order valence-corrected chi connectivity index (χ2v) is 1.78. The lowest BCUT2D eigenvalue weighted by atomic mass is 10.4. The SMILES string of the molecule is O=CON1C(=O)CCC1=O.S. The van der Waals surface area contributed by atoms with E-state index >= 15 is 0 Å². The standard InChI is InChI=1S/C5H5NO4.H2S/c7-3-10-6-4(8)1-2-5(6)9;/h3H,1-2H2;1H2. The van der Waals surface area contributed by atoms with Crippen LogP contribution in [0, 0.1) is 0 Å². The van der Waals surface area contributed by atoms with Crippen molar-refractivity contribution in [2.45, 2.75) is 12.8 Å². The van der Waals surface area contributed by atoms with E-state index in [0.717, 1.165) is 0 Å². The van der Waals surface area contributed by atoms with Gasteiger partial charge in [0.25, 0.3) is 11.8 Å². The van der Waals surface area contributed by atoms with Gasteiger partial charge in [-0.15, -0.1) is 5.06 Å². The summed E-state index contributed by atoms with van der Waals surface area (Å²) in [7, 11) is 0. The molecule has 5 nitrogen and oxygen atoms in total. The van der Waals surface area contributed by atoms with Crippen molar-refractivity contribution in [3.63, 3.8) is 0 Å². The van der Waals surface area contributed by atoms with Crippen molar-refractivity contribution in [3.05, 3.63) is 0 Å². The minimum Gasteiger partial charge on any atom is -0.334 e. The fraction of sp³-hybridized carbons (Fsp3) is 0.400. The number of hydroxylamine groups is 2. The first-order chi connectivity index (χ1) is 4.75. The van der Waals surface area contributed by atoms with Crippen LogP contribution < -0.4 is 0 Å². The lowest BCUT2D eigenvalue weighted by molar-refractivity contribution is -0.188. The molecule has 1 aliphatic heterocycles. The highest BCUT2D eigenvalue weighted by molar-refractivity contribution is 7.59. The Labute approximate surface area is 69.7 Å². The molecule has 0 unspecified atom stereocenters. The van der Waals surface area contributed by atoms with Gasteiger partial charge in [-0.3, -0.25) is 14.4 Å². The Kier molecular flexibility index (Phi) is 3.59. The van der Waals surface area contributed by atoms with Crippen LogP contribution in [0.25, 0.3) is 0 Å². The molecule has 1 saturated heterocycles. The zero-order valence-electron chi connectivity index (χ0n) is 5.57. The summed E-state index contributed by atoms with van der Waals surface area (Å²) in [5, 5.41) is 0.479. The van der Waals surface area contributed by atoms with Crippen molar-refractivity contribution in [3.8, 4) is 0 Å². The Morgan fingerprint density at radius 1 is 1.27 bits per heavy atom. The van der Waals surface area contributed by atoms with Gasteiger partial charge in [0.15, 0.2) is 0 Å². The number of imide groups is 1. The smallest absolute Gasteiger partial charge is 0.321 e. The summed E-state index contributed by atoms with van der Waals surface area (Å²) in [5.41, 5.74) is 0. The molecule has 0 saturated carbocycles. The molecule has 1 rings (SSSR count). The van der Waals surface area contributed by atoms with Gasteiger partial charge >= 0.3 is 6.47 Å². The summed E-state index contributed by atoms with van der Waals surface area (Å²) in [6, 6.07) is 0. The molecule has 0 aromatic heterocycles. The van der Waals surface area contributed by atoms with Crippen LogP contribution in [0.15, 0.2) is 0 Å². The second kappa shape index (κ2) is 3.97. The van der Waals surface area contributed by atoms with Gasteiger partial charge in [-0.05, 0) is 0 Å².